The minimum absolute atomic E-state index is 0.323. The molecule has 0 saturated heterocycles. The fraction of sp³-hybridized carbons (Fsp3) is 0.118. The summed E-state index contributed by atoms with van der Waals surface area (Å²) >= 11 is 0. The third-order valence-electron chi connectivity index (χ3n) is 2.81. The van der Waals surface area contributed by atoms with Gasteiger partial charge >= 0.3 is 0 Å². The molecule has 2 N–H and O–H groups in total. The summed E-state index contributed by atoms with van der Waals surface area (Å²) in [5.41, 5.74) is 6.62. The molecule has 0 spiro atoms. The van der Waals surface area contributed by atoms with Gasteiger partial charge in [0, 0.05) is 11.6 Å². The van der Waals surface area contributed by atoms with Gasteiger partial charge in [0.15, 0.2) is 0 Å². The number of nitrogens with one attached hydrogen (secondary N) is 2. The van der Waals surface area contributed by atoms with Gasteiger partial charge in [-0.15, -0.1) is 0 Å². The fourth-order valence-electron chi connectivity index (χ4n) is 1.78. The van der Waals surface area contributed by atoms with Crippen molar-refractivity contribution in [3.8, 4) is 5.75 Å². The molecule has 0 saturated carbocycles. The first kappa shape index (κ1) is 15.6. The fourth-order valence-corrected chi connectivity index (χ4v) is 1.78. The monoisotopic (exact) mass is 300 g/mol. The van der Waals surface area contributed by atoms with E-state index in [1.165, 1.54) is 30.3 Å². The Morgan fingerprint density at radius 3 is 2.64 bits per heavy atom. The van der Waals surface area contributed by atoms with Crippen molar-refractivity contribution in [2.24, 2.45) is 0 Å². The van der Waals surface area contributed by atoms with Gasteiger partial charge in [-0.3, -0.25) is 15.6 Å². The summed E-state index contributed by atoms with van der Waals surface area (Å²) in [7, 11) is 0. The van der Waals surface area contributed by atoms with E-state index >= 15 is 0 Å². The minimum atomic E-state index is -0.329. The van der Waals surface area contributed by atoms with Crippen molar-refractivity contribution in [2.75, 3.05) is 12.0 Å². The average molecular weight is 300 g/mol. The molecule has 0 atom stereocenters. The lowest BCUT2D eigenvalue weighted by Crippen LogP contribution is -2.27. The average Bonchev–Trinajstić information content (AvgIpc) is 2.54. The van der Waals surface area contributed by atoms with Crippen LogP contribution < -0.4 is 15.6 Å². The van der Waals surface area contributed by atoms with E-state index in [1.807, 2.05) is 31.2 Å². The van der Waals surface area contributed by atoms with Crippen molar-refractivity contribution in [2.45, 2.75) is 6.92 Å². The molecule has 4 nitrogen and oxygen atoms in total. The van der Waals surface area contributed by atoms with Crippen LogP contribution >= 0.6 is 0 Å². The number of benzene rings is 2. The van der Waals surface area contributed by atoms with Crippen molar-refractivity contribution < 1.29 is 13.9 Å². The van der Waals surface area contributed by atoms with Crippen molar-refractivity contribution in [1.29, 1.82) is 0 Å². The van der Waals surface area contributed by atoms with E-state index in [0.717, 1.165) is 11.3 Å². The summed E-state index contributed by atoms with van der Waals surface area (Å²) < 4.78 is 18.2. The highest BCUT2D eigenvalue weighted by Gasteiger charge is 2.00. The maximum atomic E-state index is 12.8. The summed E-state index contributed by atoms with van der Waals surface area (Å²) in [6, 6.07) is 13.1. The number of hydrogen-bond acceptors (Lipinski definition) is 3. The number of amides is 1. The molecule has 0 aromatic heterocycles. The third-order valence-corrected chi connectivity index (χ3v) is 2.81. The molecular formula is C17H17FN2O2. The van der Waals surface area contributed by atoms with E-state index in [-0.39, 0.29) is 11.7 Å². The zero-order chi connectivity index (χ0) is 15.8. The van der Waals surface area contributed by atoms with Crippen LogP contribution in [0.25, 0.3) is 6.08 Å². The highest BCUT2D eigenvalue weighted by Crippen LogP contribution is 2.19. The number of carbonyl (C=O) groups excluding carboxylic acids is 1. The van der Waals surface area contributed by atoms with Crippen molar-refractivity contribution >= 4 is 17.7 Å². The number of anilines is 1. The Bertz CT molecular complexity index is 654. The van der Waals surface area contributed by atoms with Crippen LogP contribution in [0.3, 0.4) is 0 Å². The van der Waals surface area contributed by atoms with E-state index in [0.29, 0.717) is 12.3 Å². The van der Waals surface area contributed by atoms with Gasteiger partial charge in [-0.05, 0) is 43.3 Å². The van der Waals surface area contributed by atoms with Crippen LogP contribution in [0.1, 0.15) is 12.5 Å². The maximum Gasteiger partial charge on any atom is 0.262 e. The first-order valence-corrected chi connectivity index (χ1v) is 6.90. The Kier molecular flexibility index (Phi) is 5.54. The molecule has 0 unspecified atom stereocenters. The van der Waals surface area contributed by atoms with Gasteiger partial charge in [0.1, 0.15) is 11.6 Å². The van der Waals surface area contributed by atoms with Gasteiger partial charge in [-0.1, -0.05) is 18.2 Å². The van der Waals surface area contributed by atoms with E-state index in [2.05, 4.69) is 10.9 Å². The zero-order valence-corrected chi connectivity index (χ0v) is 12.2. The first-order chi connectivity index (χ1) is 10.7. The highest BCUT2D eigenvalue weighted by molar-refractivity contribution is 5.92. The lowest BCUT2D eigenvalue weighted by molar-refractivity contribution is -0.115. The van der Waals surface area contributed by atoms with Crippen LogP contribution in [-0.2, 0) is 4.79 Å². The molecule has 0 fully saturated rings. The Labute approximate surface area is 128 Å². The maximum absolute atomic E-state index is 12.8. The van der Waals surface area contributed by atoms with Crippen molar-refractivity contribution in [3.63, 3.8) is 0 Å². The van der Waals surface area contributed by atoms with E-state index in [9.17, 15) is 9.18 Å². The molecule has 0 aliphatic rings. The molecule has 0 aliphatic heterocycles. The molecule has 114 valence electrons. The second-order valence-electron chi connectivity index (χ2n) is 4.43. The van der Waals surface area contributed by atoms with E-state index in [1.54, 1.807) is 6.08 Å². The predicted octanol–water partition coefficient (Wildman–Crippen LogP) is 3.38. The Morgan fingerprint density at radius 2 is 1.91 bits per heavy atom. The van der Waals surface area contributed by atoms with Gasteiger partial charge in [-0.25, -0.2) is 4.39 Å². The normalized spacial score (nSPS) is 10.5. The number of para-hydroxylation sites is 1. The Balaban J connectivity index is 1.92. The quantitative estimate of drug-likeness (QED) is 0.635. The second-order valence-corrected chi connectivity index (χ2v) is 4.43. The lowest BCUT2D eigenvalue weighted by atomic mass is 10.2. The van der Waals surface area contributed by atoms with Crippen LogP contribution in [0.2, 0.25) is 0 Å². The largest absolute Gasteiger partial charge is 0.493 e. The molecule has 22 heavy (non-hydrogen) atoms. The Hall–Kier alpha value is -2.82. The van der Waals surface area contributed by atoms with Crippen molar-refractivity contribution in [3.05, 3.63) is 66.0 Å². The molecule has 0 radical (unpaired) electrons. The summed E-state index contributed by atoms with van der Waals surface area (Å²) in [6.45, 7) is 2.46. The van der Waals surface area contributed by atoms with E-state index < -0.39 is 0 Å². The van der Waals surface area contributed by atoms with E-state index in [4.69, 9.17) is 4.74 Å². The number of halogens is 1. The molecule has 2 aromatic carbocycles. The summed E-state index contributed by atoms with van der Waals surface area (Å²) in [6.07, 6.45) is 3.07. The molecule has 0 aliphatic carbocycles. The predicted molar refractivity (Wildman–Crippen MR) is 84.8 cm³/mol. The van der Waals surface area contributed by atoms with Crippen LogP contribution in [0.15, 0.2) is 54.6 Å². The number of hydrogen-bond donors (Lipinski definition) is 2. The number of hydrazine groups is 1. The second kappa shape index (κ2) is 7.83. The first-order valence-electron chi connectivity index (χ1n) is 6.90. The zero-order valence-electron chi connectivity index (χ0n) is 12.2. The number of rotatable bonds is 6. The number of carbonyl (C=O) groups is 1. The number of ether oxygens (including phenoxy) is 1. The van der Waals surface area contributed by atoms with Crippen LogP contribution in [-0.4, -0.2) is 12.5 Å². The van der Waals surface area contributed by atoms with Crippen LogP contribution in [0.4, 0.5) is 10.1 Å². The summed E-state index contributed by atoms with van der Waals surface area (Å²) in [5.74, 6) is 0.0699. The molecule has 0 heterocycles. The smallest absolute Gasteiger partial charge is 0.262 e. The topological polar surface area (TPSA) is 50.4 Å². The highest BCUT2D eigenvalue weighted by atomic mass is 19.1. The van der Waals surface area contributed by atoms with Gasteiger partial charge in [0.05, 0.1) is 12.3 Å². The summed E-state index contributed by atoms with van der Waals surface area (Å²) in [5, 5.41) is 0. The minimum Gasteiger partial charge on any atom is -0.493 e. The van der Waals surface area contributed by atoms with Gasteiger partial charge in [0.2, 0.25) is 0 Å². The molecule has 2 aromatic rings. The van der Waals surface area contributed by atoms with Gasteiger partial charge in [0.25, 0.3) is 5.91 Å². The van der Waals surface area contributed by atoms with Crippen molar-refractivity contribution in [1.82, 2.24) is 5.43 Å². The summed E-state index contributed by atoms with van der Waals surface area (Å²) in [4.78, 5) is 11.8. The van der Waals surface area contributed by atoms with Crippen LogP contribution in [0, 0.1) is 5.82 Å². The Morgan fingerprint density at radius 1 is 1.18 bits per heavy atom. The molecule has 0 bridgehead atoms. The van der Waals surface area contributed by atoms with Gasteiger partial charge in [-0.2, -0.15) is 0 Å². The molecule has 1 amide bonds. The molecular weight excluding hydrogens is 283 g/mol. The third kappa shape index (κ3) is 4.63. The van der Waals surface area contributed by atoms with Crippen LogP contribution in [0.5, 0.6) is 5.75 Å². The lowest BCUT2D eigenvalue weighted by Gasteiger charge is -2.07. The SMILES string of the molecule is CCOc1ccccc1/C=C/C(=O)NNc1ccc(F)cc1. The molecule has 2 rings (SSSR count). The molecule has 5 heteroatoms. The standard InChI is InChI=1S/C17H17FN2O2/c1-2-22-16-6-4-3-5-13(16)7-12-17(21)20-19-15-10-8-14(18)9-11-15/h3-12,19H,2H2,1H3,(H,20,21)/b12-7+. The van der Waals surface area contributed by atoms with Gasteiger partial charge < -0.3 is 4.74 Å².